The van der Waals surface area contributed by atoms with Gasteiger partial charge in [-0.2, -0.15) is 0 Å². The van der Waals surface area contributed by atoms with Crippen molar-refractivity contribution in [3.05, 3.63) is 23.5 Å². The fourth-order valence-electron chi connectivity index (χ4n) is 2.30. The van der Waals surface area contributed by atoms with E-state index in [1.807, 2.05) is 12.1 Å². The van der Waals surface area contributed by atoms with Crippen molar-refractivity contribution >= 4 is 17.3 Å². The molecule has 0 saturated carbocycles. The number of likely N-dealkylation sites (N-methyl/N-ethyl adjacent to an activating group) is 1. The molecule has 2 rings (SSSR count). The summed E-state index contributed by atoms with van der Waals surface area (Å²) in [5, 5.41) is 4.01. The SMILES string of the molecule is CC(CCN1CCN(C)CC1)Nc1ccnc(Cl)c1. The fraction of sp³-hybridized carbons (Fsp3) is 0.643. The Kier molecular flexibility index (Phi) is 5.43. The minimum Gasteiger partial charge on any atom is -0.382 e. The molecule has 0 radical (unpaired) electrons. The predicted molar refractivity (Wildman–Crippen MR) is 80.9 cm³/mol. The molecule has 0 bridgehead atoms. The lowest BCUT2D eigenvalue weighted by molar-refractivity contribution is 0.151. The maximum absolute atomic E-state index is 5.88. The Morgan fingerprint density at radius 3 is 2.79 bits per heavy atom. The lowest BCUT2D eigenvalue weighted by atomic mass is 10.2. The van der Waals surface area contributed by atoms with E-state index < -0.39 is 0 Å². The first-order chi connectivity index (χ1) is 9.13. The number of nitrogens with zero attached hydrogens (tertiary/aromatic N) is 3. The van der Waals surface area contributed by atoms with Gasteiger partial charge < -0.3 is 15.1 Å². The van der Waals surface area contributed by atoms with Crippen LogP contribution in [-0.4, -0.2) is 60.6 Å². The minimum atomic E-state index is 0.443. The van der Waals surface area contributed by atoms with E-state index in [-0.39, 0.29) is 0 Å². The highest BCUT2D eigenvalue weighted by Crippen LogP contribution is 2.14. The molecule has 5 heteroatoms. The van der Waals surface area contributed by atoms with Crippen LogP contribution >= 0.6 is 11.6 Å². The summed E-state index contributed by atoms with van der Waals surface area (Å²) < 4.78 is 0. The molecule has 1 N–H and O–H groups in total. The Labute approximate surface area is 120 Å². The second-order valence-electron chi connectivity index (χ2n) is 5.35. The highest BCUT2D eigenvalue weighted by Gasteiger charge is 2.14. The van der Waals surface area contributed by atoms with Gasteiger partial charge in [-0.15, -0.1) is 0 Å². The van der Waals surface area contributed by atoms with Crippen LogP contribution in [0.2, 0.25) is 5.15 Å². The lowest BCUT2D eigenvalue weighted by Gasteiger charge is -2.33. The molecular formula is C14H23ClN4. The highest BCUT2D eigenvalue weighted by atomic mass is 35.5. The van der Waals surface area contributed by atoms with E-state index in [1.165, 1.54) is 26.2 Å². The van der Waals surface area contributed by atoms with Crippen molar-refractivity contribution in [1.29, 1.82) is 0 Å². The molecule has 1 atom stereocenters. The zero-order valence-corrected chi connectivity index (χ0v) is 12.5. The minimum absolute atomic E-state index is 0.443. The first-order valence-corrected chi connectivity index (χ1v) is 7.30. The number of anilines is 1. The Morgan fingerprint density at radius 2 is 2.11 bits per heavy atom. The lowest BCUT2D eigenvalue weighted by Crippen LogP contribution is -2.45. The van der Waals surface area contributed by atoms with E-state index in [0.717, 1.165) is 18.7 Å². The molecule has 2 heterocycles. The van der Waals surface area contributed by atoms with E-state index in [0.29, 0.717) is 11.2 Å². The summed E-state index contributed by atoms with van der Waals surface area (Å²) in [5.41, 5.74) is 1.05. The number of hydrogen-bond donors (Lipinski definition) is 1. The number of pyridine rings is 1. The molecule has 19 heavy (non-hydrogen) atoms. The summed E-state index contributed by atoms with van der Waals surface area (Å²) in [4.78, 5) is 8.91. The Hall–Kier alpha value is -0.840. The number of aromatic nitrogens is 1. The third kappa shape index (κ3) is 4.97. The zero-order chi connectivity index (χ0) is 13.7. The van der Waals surface area contributed by atoms with Gasteiger partial charge in [-0.1, -0.05) is 11.6 Å². The van der Waals surface area contributed by atoms with Crippen LogP contribution in [0.5, 0.6) is 0 Å². The molecule has 1 aromatic heterocycles. The molecule has 0 spiro atoms. The van der Waals surface area contributed by atoms with Crippen LogP contribution in [0.3, 0.4) is 0 Å². The average molecular weight is 283 g/mol. The van der Waals surface area contributed by atoms with E-state index in [4.69, 9.17) is 11.6 Å². The van der Waals surface area contributed by atoms with Gasteiger partial charge in [0.25, 0.3) is 0 Å². The molecule has 0 amide bonds. The summed E-state index contributed by atoms with van der Waals surface area (Å²) in [6.45, 7) is 8.10. The van der Waals surface area contributed by atoms with Gasteiger partial charge in [0.05, 0.1) is 0 Å². The summed E-state index contributed by atoms with van der Waals surface area (Å²) in [5.74, 6) is 0. The van der Waals surface area contributed by atoms with Gasteiger partial charge in [-0.05, 0) is 32.5 Å². The van der Waals surface area contributed by atoms with Crippen molar-refractivity contribution in [2.45, 2.75) is 19.4 Å². The Morgan fingerprint density at radius 1 is 1.37 bits per heavy atom. The normalized spacial score (nSPS) is 19.3. The van der Waals surface area contributed by atoms with Crippen LogP contribution in [0.15, 0.2) is 18.3 Å². The van der Waals surface area contributed by atoms with Gasteiger partial charge in [0.1, 0.15) is 5.15 Å². The molecular weight excluding hydrogens is 260 g/mol. The smallest absolute Gasteiger partial charge is 0.131 e. The first-order valence-electron chi connectivity index (χ1n) is 6.92. The monoisotopic (exact) mass is 282 g/mol. The zero-order valence-electron chi connectivity index (χ0n) is 11.8. The topological polar surface area (TPSA) is 31.4 Å². The molecule has 1 aliphatic rings. The molecule has 1 aliphatic heterocycles. The quantitative estimate of drug-likeness (QED) is 0.839. The van der Waals surface area contributed by atoms with Gasteiger partial charge in [0, 0.05) is 50.6 Å². The van der Waals surface area contributed by atoms with Gasteiger partial charge in [0.15, 0.2) is 0 Å². The number of nitrogens with one attached hydrogen (secondary N) is 1. The van der Waals surface area contributed by atoms with Crippen molar-refractivity contribution in [1.82, 2.24) is 14.8 Å². The van der Waals surface area contributed by atoms with Gasteiger partial charge >= 0.3 is 0 Å². The molecule has 4 nitrogen and oxygen atoms in total. The van der Waals surface area contributed by atoms with Crippen molar-refractivity contribution in [3.8, 4) is 0 Å². The Bertz CT molecular complexity index is 391. The van der Waals surface area contributed by atoms with Crippen molar-refractivity contribution in [3.63, 3.8) is 0 Å². The number of rotatable bonds is 5. The van der Waals surface area contributed by atoms with Crippen molar-refractivity contribution < 1.29 is 0 Å². The van der Waals surface area contributed by atoms with Gasteiger partial charge in [-0.25, -0.2) is 4.98 Å². The maximum atomic E-state index is 5.88. The van der Waals surface area contributed by atoms with Gasteiger partial charge in [-0.3, -0.25) is 0 Å². The van der Waals surface area contributed by atoms with Crippen molar-refractivity contribution in [2.24, 2.45) is 0 Å². The van der Waals surface area contributed by atoms with Crippen LogP contribution in [0.4, 0.5) is 5.69 Å². The molecule has 0 aliphatic carbocycles. The average Bonchev–Trinajstić information content (AvgIpc) is 2.38. The van der Waals surface area contributed by atoms with Crippen LogP contribution in [0.1, 0.15) is 13.3 Å². The summed E-state index contributed by atoms with van der Waals surface area (Å²) >= 11 is 5.88. The standard InChI is InChI=1S/C14H23ClN4/c1-12(17-13-3-5-16-14(15)11-13)4-6-19-9-7-18(2)8-10-19/h3,5,11-12H,4,6-10H2,1-2H3,(H,16,17). The Balaban J connectivity index is 1.71. The predicted octanol–water partition coefficient (Wildman–Crippen LogP) is 2.17. The summed E-state index contributed by atoms with van der Waals surface area (Å²) in [6.07, 6.45) is 2.88. The third-order valence-corrected chi connectivity index (χ3v) is 3.82. The number of hydrogen-bond acceptors (Lipinski definition) is 4. The second kappa shape index (κ2) is 7.08. The molecule has 0 aromatic carbocycles. The van der Waals surface area contributed by atoms with E-state index in [1.54, 1.807) is 6.20 Å². The molecule has 1 saturated heterocycles. The highest BCUT2D eigenvalue weighted by molar-refractivity contribution is 6.29. The second-order valence-corrected chi connectivity index (χ2v) is 5.73. The van der Waals surface area contributed by atoms with E-state index >= 15 is 0 Å². The van der Waals surface area contributed by atoms with E-state index in [2.05, 4.69) is 34.1 Å². The third-order valence-electron chi connectivity index (χ3n) is 3.61. The fourth-order valence-corrected chi connectivity index (χ4v) is 2.47. The van der Waals surface area contributed by atoms with Crippen molar-refractivity contribution in [2.75, 3.05) is 45.1 Å². The molecule has 1 aromatic rings. The number of halogens is 1. The van der Waals surface area contributed by atoms with Gasteiger partial charge in [0.2, 0.25) is 0 Å². The van der Waals surface area contributed by atoms with Crippen LogP contribution in [0, 0.1) is 0 Å². The summed E-state index contributed by atoms with van der Waals surface area (Å²) in [6, 6.07) is 4.27. The molecule has 1 fully saturated rings. The van der Waals surface area contributed by atoms with Crippen LogP contribution < -0.4 is 5.32 Å². The number of piperazine rings is 1. The first kappa shape index (κ1) is 14.6. The maximum Gasteiger partial charge on any atom is 0.131 e. The van der Waals surface area contributed by atoms with Crippen LogP contribution in [0.25, 0.3) is 0 Å². The molecule has 1 unspecified atom stereocenters. The van der Waals surface area contributed by atoms with E-state index in [9.17, 15) is 0 Å². The summed E-state index contributed by atoms with van der Waals surface area (Å²) in [7, 11) is 2.19. The van der Waals surface area contributed by atoms with Crippen LogP contribution in [-0.2, 0) is 0 Å². The largest absolute Gasteiger partial charge is 0.382 e. The molecule has 106 valence electrons.